The normalized spacial score (nSPS) is 20.1. The fraction of sp³-hybridized carbons (Fsp3) is 0.647. The molecule has 2 unspecified atom stereocenters. The van der Waals surface area contributed by atoms with Gasteiger partial charge in [0.2, 0.25) is 0 Å². The molecular weight excluding hydrogens is 267 g/mol. The predicted octanol–water partition coefficient (Wildman–Crippen LogP) is 2.98. The maximum absolute atomic E-state index is 13.5. The molecule has 0 bridgehead atoms. The lowest BCUT2D eigenvalue weighted by molar-refractivity contribution is 0.110. The predicted molar refractivity (Wildman–Crippen MR) is 83.9 cm³/mol. The zero-order chi connectivity index (χ0) is 15.1. The quantitative estimate of drug-likeness (QED) is 0.798. The van der Waals surface area contributed by atoms with Crippen LogP contribution < -0.4 is 5.32 Å². The standard InChI is InChI=1S/C17H27FN2O/c1-3-17(14-6-4-7-15(18)12-14)20(10-11-21-2)13-16-8-5-9-19-16/h4,6-7,12,16-17,19H,3,5,8-11,13H2,1-2H3. The van der Waals surface area contributed by atoms with E-state index in [1.54, 1.807) is 19.2 Å². The number of hydrogen-bond donors (Lipinski definition) is 1. The Labute approximate surface area is 127 Å². The summed E-state index contributed by atoms with van der Waals surface area (Å²) in [7, 11) is 1.73. The Bertz CT molecular complexity index is 421. The molecule has 21 heavy (non-hydrogen) atoms. The van der Waals surface area contributed by atoms with Crippen LogP contribution in [0.4, 0.5) is 4.39 Å². The van der Waals surface area contributed by atoms with Crippen molar-refractivity contribution in [1.82, 2.24) is 10.2 Å². The number of nitrogens with zero attached hydrogens (tertiary/aromatic N) is 1. The first-order chi connectivity index (χ1) is 10.2. The highest BCUT2D eigenvalue weighted by Gasteiger charge is 2.24. The molecule has 2 atom stereocenters. The Balaban J connectivity index is 2.10. The molecule has 4 heteroatoms. The number of nitrogens with one attached hydrogen (secondary N) is 1. The van der Waals surface area contributed by atoms with Gasteiger partial charge in [0.05, 0.1) is 6.61 Å². The third-order valence-electron chi connectivity index (χ3n) is 4.26. The first-order valence-corrected chi connectivity index (χ1v) is 7.96. The molecule has 1 fully saturated rings. The van der Waals surface area contributed by atoms with Crippen molar-refractivity contribution in [2.24, 2.45) is 0 Å². The van der Waals surface area contributed by atoms with Gasteiger partial charge in [0.15, 0.2) is 0 Å². The van der Waals surface area contributed by atoms with E-state index in [1.807, 2.05) is 6.07 Å². The molecule has 2 rings (SSSR count). The van der Waals surface area contributed by atoms with E-state index in [0.29, 0.717) is 12.6 Å². The van der Waals surface area contributed by atoms with Gasteiger partial charge in [-0.25, -0.2) is 4.39 Å². The number of ether oxygens (including phenoxy) is 1. The summed E-state index contributed by atoms with van der Waals surface area (Å²) in [6.45, 7) is 5.86. The molecule has 1 aromatic carbocycles. The Kier molecular flexibility index (Phi) is 6.61. The van der Waals surface area contributed by atoms with Gasteiger partial charge >= 0.3 is 0 Å². The molecule has 1 aliphatic rings. The first kappa shape index (κ1) is 16.4. The van der Waals surface area contributed by atoms with E-state index in [4.69, 9.17) is 4.74 Å². The van der Waals surface area contributed by atoms with Gasteiger partial charge < -0.3 is 10.1 Å². The number of methoxy groups -OCH3 is 1. The summed E-state index contributed by atoms with van der Waals surface area (Å²) in [5.74, 6) is -0.156. The largest absolute Gasteiger partial charge is 0.383 e. The smallest absolute Gasteiger partial charge is 0.123 e. The lowest BCUT2D eigenvalue weighted by atomic mass is 10.0. The van der Waals surface area contributed by atoms with Gasteiger partial charge in [-0.2, -0.15) is 0 Å². The minimum Gasteiger partial charge on any atom is -0.383 e. The van der Waals surface area contributed by atoms with Gasteiger partial charge in [-0.05, 0) is 43.5 Å². The van der Waals surface area contributed by atoms with Crippen molar-refractivity contribution >= 4 is 0 Å². The monoisotopic (exact) mass is 294 g/mol. The molecule has 118 valence electrons. The van der Waals surface area contributed by atoms with Crippen LogP contribution >= 0.6 is 0 Å². The Hall–Kier alpha value is -0.970. The zero-order valence-corrected chi connectivity index (χ0v) is 13.1. The van der Waals surface area contributed by atoms with E-state index in [2.05, 4.69) is 17.1 Å². The first-order valence-electron chi connectivity index (χ1n) is 7.96. The van der Waals surface area contributed by atoms with Crippen molar-refractivity contribution in [3.63, 3.8) is 0 Å². The summed E-state index contributed by atoms with van der Waals surface area (Å²) in [4.78, 5) is 2.43. The molecule has 1 aromatic rings. The molecule has 1 N–H and O–H groups in total. The Morgan fingerprint density at radius 2 is 2.33 bits per heavy atom. The molecule has 3 nitrogen and oxygen atoms in total. The van der Waals surface area contributed by atoms with Crippen molar-refractivity contribution in [2.45, 2.75) is 38.3 Å². The molecular formula is C17H27FN2O. The van der Waals surface area contributed by atoms with Crippen LogP contribution in [0.25, 0.3) is 0 Å². The van der Waals surface area contributed by atoms with Crippen molar-refractivity contribution in [3.8, 4) is 0 Å². The molecule has 1 aliphatic heterocycles. The van der Waals surface area contributed by atoms with E-state index in [1.165, 1.54) is 18.9 Å². The Morgan fingerprint density at radius 3 is 2.95 bits per heavy atom. The van der Waals surface area contributed by atoms with Crippen LogP contribution in [0.1, 0.15) is 37.8 Å². The van der Waals surface area contributed by atoms with Crippen LogP contribution in [0.2, 0.25) is 0 Å². The summed E-state index contributed by atoms with van der Waals surface area (Å²) < 4.78 is 18.8. The summed E-state index contributed by atoms with van der Waals surface area (Å²) in [5, 5.41) is 3.55. The van der Waals surface area contributed by atoms with Gasteiger partial charge in [0.1, 0.15) is 5.82 Å². The second kappa shape index (κ2) is 8.47. The second-order valence-corrected chi connectivity index (χ2v) is 5.76. The third kappa shape index (κ3) is 4.77. The van der Waals surface area contributed by atoms with Crippen molar-refractivity contribution in [3.05, 3.63) is 35.6 Å². The van der Waals surface area contributed by atoms with Crippen LogP contribution in [0.3, 0.4) is 0 Å². The maximum Gasteiger partial charge on any atom is 0.123 e. The SMILES string of the molecule is CCC(c1cccc(F)c1)N(CCOC)CC1CCCN1. The number of halogens is 1. The van der Waals surface area contributed by atoms with Crippen LogP contribution in [-0.2, 0) is 4.74 Å². The number of rotatable bonds is 8. The lowest BCUT2D eigenvalue weighted by Gasteiger charge is -2.33. The Morgan fingerprint density at radius 1 is 1.48 bits per heavy atom. The third-order valence-corrected chi connectivity index (χ3v) is 4.26. The average Bonchev–Trinajstić information content (AvgIpc) is 2.98. The highest BCUT2D eigenvalue weighted by atomic mass is 19.1. The topological polar surface area (TPSA) is 24.5 Å². The molecule has 0 spiro atoms. The van der Waals surface area contributed by atoms with E-state index in [9.17, 15) is 4.39 Å². The molecule has 0 amide bonds. The van der Waals surface area contributed by atoms with E-state index in [0.717, 1.165) is 31.6 Å². The van der Waals surface area contributed by atoms with Gasteiger partial charge in [-0.1, -0.05) is 19.1 Å². The molecule has 0 saturated carbocycles. The van der Waals surface area contributed by atoms with Crippen LogP contribution in [0.5, 0.6) is 0 Å². The fourth-order valence-electron chi connectivity index (χ4n) is 3.20. The van der Waals surface area contributed by atoms with Crippen LogP contribution in [0, 0.1) is 5.82 Å². The highest BCUT2D eigenvalue weighted by molar-refractivity contribution is 5.20. The zero-order valence-electron chi connectivity index (χ0n) is 13.1. The summed E-state index contributed by atoms with van der Waals surface area (Å²) >= 11 is 0. The minimum absolute atomic E-state index is 0.156. The maximum atomic E-state index is 13.5. The van der Waals surface area contributed by atoms with Gasteiger partial charge in [0.25, 0.3) is 0 Å². The second-order valence-electron chi connectivity index (χ2n) is 5.76. The molecule has 0 aliphatic carbocycles. The summed E-state index contributed by atoms with van der Waals surface area (Å²) in [6, 6.07) is 7.79. The van der Waals surface area contributed by atoms with Crippen LogP contribution in [0.15, 0.2) is 24.3 Å². The molecule has 0 aromatic heterocycles. The van der Waals surface area contributed by atoms with Crippen molar-refractivity contribution < 1.29 is 9.13 Å². The molecule has 0 radical (unpaired) electrons. The van der Waals surface area contributed by atoms with E-state index >= 15 is 0 Å². The number of hydrogen-bond acceptors (Lipinski definition) is 3. The van der Waals surface area contributed by atoms with Crippen molar-refractivity contribution in [2.75, 3.05) is 33.4 Å². The highest BCUT2D eigenvalue weighted by Crippen LogP contribution is 2.25. The minimum atomic E-state index is -0.156. The van der Waals surface area contributed by atoms with Gasteiger partial charge in [-0.15, -0.1) is 0 Å². The number of benzene rings is 1. The van der Waals surface area contributed by atoms with Gasteiger partial charge in [-0.3, -0.25) is 4.90 Å². The lowest BCUT2D eigenvalue weighted by Crippen LogP contribution is -2.41. The molecule has 1 saturated heterocycles. The fourth-order valence-corrected chi connectivity index (χ4v) is 3.20. The van der Waals surface area contributed by atoms with Crippen LogP contribution in [-0.4, -0.2) is 44.3 Å². The van der Waals surface area contributed by atoms with E-state index in [-0.39, 0.29) is 11.9 Å². The summed E-state index contributed by atoms with van der Waals surface area (Å²) in [6.07, 6.45) is 3.45. The average molecular weight is 294 g/mol. The summed E-state index contributed by atoms with van der Waals surface area (Å²) in [5.41, 5.74) is 1.06. The molecule has 1 heterocycles. The van der Waals surface area contributed by atoms with E-state index < -0.39 is 0 Å². The van der Waals surface area contributed by atoms with Gasteiger partial charge in [0, 0.05) is 32.3 Å². The van der Waals surface area contributed by atoms with Crippen molar-refractivity contribution in [1.29, 1.82) is 0 Å².